The highest BCUT2D eigenvalue weighted by atomic mass is 32.2. The lowest BCUT2D eigenvalue weighted by atomic mass is 10.0. The molecule has 0 bridgehead atoms. The normalized spacial score (nSPS) is 19.9. The van der Waals surface area contributed by atoms with Crippen LogP contribution < -0.4 is 4.90 Å². The highest BCUT2D eigenvalue weighted by molar-refractivity contribution is 8.01. The van der Waals surface area contributed by atoms with Crippen molar-refractivity contribution in [2.24, 2.45) is 0 Å². The van der Waals surface area contributed by atoms with Gasteiger partial charge >= 0.3 is 0 Å². The van der Waals surface area contributed by atoms with Gasteiger partial charge < -0.3 is 9.80 Å². The van der Waals surface area contributed by atoms with E-state index < -0.39 is 16.6 Å². The van der Waals surface area contributed by atoms with Gasteiger partial charge in [-0.15, -0.1) is 11.8 Å². The second-order valence-corrected chi connectivity index (χ2v) is 8.75. The van der Waals surface area contributed by atoms with Crippen molar-refractivity contribution in [2.75, 3.05) is 17.2 Å². The zero-order chi connectivity index (χ0) is 21.6. The Morgan fingerprint density at radius 2 is 1.77 bits per heavy atom. The minimum atomic E-state index is -1.24. The van der Waals surface area contributed by atoms with Crippen LogP contribution in [0, 0.1) is 11.6 Å². The maximum absolute atomic E-state index is 14.3. The number of amides is 2. The molecule has 2 amide bonds. The molecule has 5 rings (SSSR count). The lowest BCUT2D eigenvalue weighted by Crippen LogP contribution is -2.50. The second kappa shape index (κ2) is 7.50. The number of fused-ring (bicyclic) bond motifs is 2. The van der Waals surface area contributed by atoms with Gasteiger partial charge in [0.25, 0.3) is 11.8 Å². The first kappa shape index (κ1) is 19.8. The molecule has 1 saturated heterocycles. The molecule has 1 atom stereocenters. The topological polar surface area (TPSA) is 40.6 Å². The lowest BCUT2D eigenvalue weighted by molar-refractivity contribution is -0.123. The fourth-order valence-electron chi connectivity index (χ4n) is 4.30. The van der Waals surface area contributed by atoms with E-state index in [2.05, 4.69) is 0 Å². The van der Waals surface area contributed by atoms with Gasteiger partial charge in [0.1, 0.15) is 11.6 Å². The number of hydrogen-bond acceptors (Lipinski definition) is 3. The van der Waals surface area contributed by atoms with Crippen LogP contribution in [0.4, 0.5) is 14.5 Å². The van der Waals surface area contributed by atoms with Crippen molar-refractivity contribution < 1.29 is 18.4 Å². The Bertz CT molecular complexity index is 1200. The summed E-state index contributed by atoms with van der Waals surface area (Å²) in [5.74, 6) is -1.02. The van der Waals surface area contributed by atoms with Gasteiger partial charge in [-0.1, -0.05) is 42.5 Å². The number of anilines is 1. The summed E-state index contributed by atoms with van der Waals surface area (Å²) in [5, 5.41) is 0. The molecule has 3 aromatic rings. The summed E-state index contributed by atoms with van der Waals surface area (Å²) in [5.41, 5.74) is 1.94. The van der Waals surface area contributed by atoms with E-state index in [9.17, 15) is 18.4 Å². The summed E-state index contributed by atoms with van der Waals surface area (Å²) in [4.78, 5) is 29.0. The Morgan fingerprint density at radius 1 is 1.00 bits per heavy atom. The van der Waals surface area contributed by atoms with E-state index in [0.29, 0.717) is 29.1 Å². The Morgan fingerprint density at radius 3 is 2.58 bits per heavy atom. The van der Waals surface area contributed by atoms with Crippen molar-refractivity contribution in [1.82, 2.24) is 4.90 Å². The molecule has 4 nitrogen and oxygen atoms in total. The summed E-state index contributed by atoms with van der Waals surface area (Å²) in [6.07, 6.45) is 0. The number of carbonyl (C=O) groups is 2. The Balaban J connectivity index is 1.59. The van der Waals surface area contributed by atoms with Crippen molar-refractivity contribution in [3.8, 4) is 0 Å². The number of carbonyl (C=O) groups excluding carboxylic acids is 2. The van der Waals surface area contributed by atoms with Gasteiger partial charge in [0.2, 0.25) is 0 Å². The van der Waals surface area contributed by atoms with Crippen LogP contribution in [0.1, 0.15) is 21.5 Å². The van der Waals surface area contributed by atoms with Gasteiger partial charge in [0.05, 0.1) is 12.2 Å². The average Bonchev–Trinajstić information content (AvgIpc) is 3.32. The Labute approximate surface area is 182 Å². The number of hydrogen-bond donors (Lipinski definition) is 0. The molecule has 2 aliphatic rings. The van der Waals surface area contributed by atoms with Crippen LogP contribution in [0.5, 0.6) is 0 Å². The summed E-state index contributed by atoms with van der Waals surface area (Å²) in [6, 6.07) is 19.1. The van der Waals surface area contributed by atoms with E-state index in [-0.39, 0.29) is 23.8 Å². The van der Waals surface area contributed by atoms with E-state index in [0.717, 1.165) is 0 Å². The first-order valence-electron chi connectivity index (χ1n) is 9.89. The predicted octanol–water partition coefficient (Wildman–Crippen LogP) is 4.55. The zero-order valence-electron chi connectivity index (χ0n) is 16.4. The van der Waals surface area contributed by atoms with Gasteiger partial charge in [-0.3, -0.25) is 9.59 Å². The van der Waals surface area contributed by atoms with Crippen molar-refractivity contribution in [1.29, 1.82) is 0 Å². The molecule has 0 N–H and O–H groups in total. The third-order valence-electron chi connectivity index (χ3n) is 5.70. The van der Waals surface area contributed by atoms with E-state index in [1.165, 1.54) is 45.8 Å². The molecule has 1 fully saturated rings. The number of thioether (sulfide) groups is 1. The average molecular weight is 436 g/mol. The van der Waals surface area contributed by atoms with Gasteiger partial charge in [-0.25, -0.2) is 8.78 Å². The quantitative estimate of drug-likeness (QED) is 0.605. The maximum Gasteiger partial charge on any atom is 0.268 e. The molecule has 2 aliphatic heterocycles. The number of para-hydroxylation sites is 1. The van der Waals surface area contributed by atoms with Crippen LogP contribution >= 0.6 is 11.8 Å². The largest absolute Gasteiger partial charge is 0.311 e. The molecule has 0 saturated carbocycles. The molecule has 2 heterocycles. The summed E-state index contributed by atoms with van der Waals surface area (Å²) >= 11 is 1.38. The van der Waals surface area contributed by atoms with Gasteiger partial charge in [0.15, 0.2) is 4.87 Å². The third kappa shape index (κ3) is 3.03. The highest BCUT2D eigenvalue weighted by Crippen LogP contribution is 2.54. The molecule has 0 aliphatic carbocycles. The molecule has 7 heteroatoms. The molecular weight excluding hydrogens is 418 g/mol. The monoisotopic (exact) mass is 436 g/mol. The van der Waals surface area contributed by atoms with Crippen LogP contribution in [0.3, 0.4) is 0 Å². The number of rotatable bonds is 3. The van der Waals surface area contributed by atoms with Gasteiger partial charge in [0, 0.05) is 29.0 Å². The van der Waals surface area contributed by atoms with Crippen LogP contribution in [-0.4, -0.2) is 29.0 Å². The van der Waals surface area contributed by atoms with E-state index in [1.807, 2.05) is 24.3 Å². The molecular formula is C24H18F2N2O2S. The van der Waals surface area contributed by atoms with Crippen molar-refractivity contribution in [3.05, 3.63) is 101 Å². The van der Waals surface area contributed by atoms with Crippen LogP contribution in [0.25, 0.3) is 0 Å². The Kier molecular flexibility index (Phi) is 4.78. The first-order valence-corrected chi connectivity index (χ1v) is 10.9. The number of nitrogens with zero attached hydrogens (tertiary/aromatic N) is 2. The molecule has 0 aromatic heterocycles. The fourth-order valence-corrected chi connectivity index (χ4v) is 5.76. The molecule has 0 unspecified atom stereocenters. The van der Waals surface area contributed by atoms with Crippen LogP contribution in [0.2, 0.25) is 0 Å². The minimum absolute atomic E-state index is 0.0623. The molecule has 156 valence electrons. The smallest absolute Gasteiger partial charge is 0.268 e. The predicted molar refractivity (Wildman–Crippen MR) is 116 cm³/mol. The molecule has 31 heavy (non-hydrogen) atoms. The van der Waals surface area contributed by atoms with E-state index in [4.69, 9.17) is 0 Å². The molecule has 0 radical (unpaired) electrons. The van der Waals surface area contributed by atoms with Crippen molar-refractivity contribution in [2.45, 2.75) is 11.4 Å². The maximum atomic E-state index is 14.3. The number of benzene rings is 3. The van der Waals surface area contributed by atoms with Gasteiger partial charge in [-0.2, -0.15) is 0 Å². The van der Waals surface area contributed by atoms with Crippen LogP contribution in [0.15, 0.2) is 72.8 Å². The first-order chi connectivity index (χ1) is 15.0. The van der Waals surface area contributed by atoms with Gasteiger partial charge in [-0.05, 0) is 30.3 Å². The van der Waals surface area contributed by atoms with Crippen molar-refractivity contribution >= 4 is 29.3 Å². The van der Waals surface area contributed by atoms with Crippen molar-refractivity contribution in [3.63, 3.8) is 0 Å². The highest BCUT2D eigenvalue weighted by Gasteiger charge is 2.59. The summed E-state index contributed by atoms with van der Waals surface area (Å²) in [7, 11) is 0. The second-order valence-electron chi connectivity index (χ2n) is 7.46. The van der Waals surface area contributed by atoms with E-state index >= 15 is 0 Å². The summed E-state index contributed by atoms with van der Waals surface area (Å²) in [6.45, 7) is 0.417. The standard InChI is InChI=1S/C24H18F2N2O2S/c25-18-8-5-7-16(14-18)22(29)28-12-13-31-24(28)19-9-2-4-11-21(19)27(23(24)30)15-17-6-1-3-10-20(17)26/h1-11,14H,12-13,15H2/t24-/m0/s1. The Hall–Kier alpha value is -3.19. The third-order valence-corrected chi connectivity index (χ3v) is 7.12. The number of halogens is 2. The molecule has 3 aromatic carbocycles. The molecule has 1 spiro atoms. The minimum Gasteiger partial charge on any atom is -0.311 e. The zero-order valence-corrected chi connectivity index (χ0v) is 17.2. The van der Waals surface area contributed by atoms with E-state index in [1.54, 1.807) is 24.3 Å². The summed E-state index contributed by atoms with van der Waals surface area (Å²) < 4.78 is 28.1. The fraction of sp³-hybridized carbons (Fsp3) is 0.167. The lowest BCUT2D eigenvalue weighted by Gasteiger charge is -2.33. The van der Waals surface area contributed by atoms with Crippen LogP contribution in [-0.2, 0) is 16.2 Å². The SMILES string of the molecule is O=C(c1cccc(F)c1)N1CCS[C@@]12C(=O)N(Cc1ccccc1F)c1ccccc12.